The maximum Gasteiger partial charge on any atom is 0.239 e. The average molecular weight is 297 g/mol. The lowest BCUT2D eigenvalue weighted by atomic mass is 10.1. The van der Waals surface area contributed by atoms with Gasteiger partial charge in [-0.1, -0.05) is 17.7 Å². The summed E-state index contributed by atoms with van der Waals surface area (Å²) in [6.07, 6.45) is 0.518. The minimum Gasteiger partial charge on any atom is -0.383 e. The highest BCUT2D eigenvalue weighted by atomic mass is 35.5. The van der Waals surface area contributed by atoms with E-state index < -0.39 is 5.92 Å². The summed E-state index contributed by atoms with van der Waals surface area (Å²) in [5, 5.41) is 3.27. The lowest BCUT2D eigenvalue weighted by molar-refractivity contribution is -0.132. The molecule has 1 aromatic carbocycles. The Kier molecular flexibility index (Phi) is 4.98. The van der Waals surface area contributed by atoms with Crippen molar-refractivity contribution in [3.05, 3.63) is 29.3 Å². The van der Waals surface area contributed by atoms with Crippen LogP contribution in [0.1, 0.15) is 6.42 Å². The van der Waals surface area contributed by atoms with Crippen molar-refractivity contribution in [2.75, 3.05) is 31.7 Å². The molecule has 0 saturated carbocycles. The topological polar surface area (TPSA) is 58.6 Å². The van der Waals surface area contributed by atoms with Gasteiger partial charge in [-0.05, 0) is 24.6 Å². The second-order valence-corrected chi connectivity index (χ2v) is 5.03. The summed E-state index contributed by atoms with van der Waals surface area (Å²) >= 11 is 5.92. The van der Waals surface area contributed by atoms with Crippen LogP contribution in [0, 0.1) is 5.92 Å². The number of carbonyl (C=O) groups excluding carboxylic acids is 2. The molecular formula is C14H17ClN2O3. The summed E-state index contributed by atoms with van der Waals surface area (Å²) in [7, 11) is 1.56. The fraction of sp³-hybridized carbons (Fsp3) is 0.429. The molecule has 5 nitrogen and oxygen atoms in total. The van der Waals surface area contributed by atoms with Crippen molar-refractivity contribution >= 4 is 29.1 Å². The molecule has 6 heteroatoms. The van der Waals surface area contributed by atoms with Gasteiger partial charge < -0.3 is 15.0 Å². The largest absolute Gasteiger partial charge is 0.383 e. The number of carbonyl (C=O) groups is 2. The number of benzene rings is 1. The molecule has 1 heterocycles. The van der Waals surface area contributed by atoms with Crippen molar-refractivity contribution in [1.29, 1.82) is 0 Å². The van der Waals surface area contributed by atoms with E-state index in [2.05, 4.69) is 5.32 Å². The Hall–Kier alpha value is -1.59. The monoisotopic (exact) mass is 296 g/mol. The molecule has 1 saturated heterocycles. The van der Waals surface area contributed by atoms with E-state index in [9.17, 15) is 9.59 Å². The molecule has 0 radical (unpaired) electrons. The van der Waals surface area contributed by atoms with Crippen LogP contribution in [0.4, 0.5) is 5.69 Å². The molecule has 20 heavy (non-hydrogen) atoms. The van der Waals surface area contributed by atoms with Crippen molar-refractivity contribution in [1.82, 2.24) is 5.32 Å². The highest BCUT2D eigenvalue weighted by Gasteiger charge is 2.37. The van der Waals surface area contributed by atoms with E-state index in [4.69, 9.17) is 16.3 Å². The number of amides is 2. The van der Waals surface area contributed by atoms with Crippen molar-refractivity contribution in [3.8, 4) is 0 Å². The van der Waals surface area contributed by atoms with Crippen molar-refractivity contribution in [2.24, 2.45) is 5.92 Å². The number of nitrogens with zero attached hydrogens (tertiary/aromatic N) is 1. The Morgan fingerprint density at radius 3 is 3.05 bits per heavy atom. The van der Waals surface area contributed by atoms with E-state index >= 15 is 0 Å². The van der Waals surface area contributed by atoms with Gasteiger partial charge in [-0.3, -0.25) is 9.59 Å². The van der Waals surface area contributed by atoms with Gasteiger partial charge >= 0.3 is 0 Å². The van der Waals surface area contributed by atoms with Gasteiger partial charge in [0, 0.05) is 30.9 Å². The predicted molar refractivity (Wildman–Crippen MR) is 76.8 cm³/mol. The summed E-state index contributed by atoms with van der Waals surface area (Å²) in [5.74, 6) is -1.04. The minimum absolute atomic E-state index is 0.179. The van der Waals surface area contributed by atoms with Crippen LogP contribution in [-0.2, 0) is 14.3 Å². The molecule has 0 bridgehead atoms. The van der Waals surface area contributed by atoms with Crippen LogP contribution in [0.2, 0.25) is 5.02 Å². The fourth-order valence-electron chi connectivity index (χ4n) is 2.22. The molecule has 108 valence electrons. The number of nitrogens with one attached hydrogen (secondary N) is 1. The Balaban J connectivity index is 2.00. The van der Waals surface area contributed by atoms with E-state index in [0.29, 0.717) is 31.1 Å². The average Bonchev–Trinajstić information content (AvgIpc) is 2.81. The van der Waals surface area contributed by atoms with Gasteiger partial charge in [-0.2, -0.15) is 0 Å². The second kappa shape index (κ2) is 6.72. The number of rotatable bonds is 5. The fourth-order valence-corrected chi connectivity index (χ4v) is 2.41. The van der Waals surface area contributed by atoms with Gasteiger partial charge in [-0.25, -0.2) is 0 Å². The SMILES string of the molecule is COCCNC(=O)C1CCN(c2cccc(Cl)c2)C1=O. The summed E-state index contributed by atoms with van der Waals surface area (Å²) in [6, 6.07) is 7.08. The molecule has 1 aliphatic rings. The standard InChI is InChI=1S/C14H17ClN2O3/c1-20-8-6-16-13(18)12-5-7-17(14(12)19)11-4-2-3-10(15)9-11/h2-4,9,12H,5-8H2,1H3,(H,16,18). The van der Waals surface area contributed by atoms with E-state index in [1.807, 2.05) is 6.07 Å². The first-order chi connectivity index (χ1) is 9.63. The van der Waals surface area contributed by atoms with Crippen molar-refractivity contribution in [2.45, 2.75) is 6.42 Å². The maximum absolute atomic E-state index is 12.3. The van der Waals surface area contributed by atoms with Crippen LogP contribution >= 0.6 is 11.6 Å². The zero-order chi connectivity index (χ0) is 14.5. The molecule has 0 spiro atoms. The van der Waals surface area contributed by atoms with Crippen molar-refractivity contribution in [3.63, 3.8) is 0 Å². The highest BCUT2D eigenvalue weighted by molar-refractivity contribution is 6.31. The highest BCUT2D eigenvalue weighted by Crippen LogP contribution is 2.27. The van der Waals surface area contributed by atoms with Crippen LogP contribution in [0.25, 0.3) is 0 Å². The van der Waals surface area contributed by atoms with Crippen LogP contribution < -0.4 is 10.2 Å². The summed E-state index contributed by atoms with van der Waals surface area (Å²) in [6.45, 7) is 1.38. The van der Waals surface area contributed by atoms with E-state index in [1.165, 1.54) is 0 Å². The number of anilines is 1. The molecule has 2 rings (SSSR count). The third kappa shape index (κ3) is 3.29. The van der Waals surface area contributed by atoms with Gasteiger partial charge in [0.25, 0.3) is 0 Å². The van der Waals surface area contributed by atoms with Gasteiger partial charge in [0.2, 0.25) is 11.8 Å². The van der Waals surface area contributed by atoms with Crippen molar-refractivity contribution < 1.29 is 14.3 Å². The predicted octanol–water partition coefficient (Wildman–Crippen LogP) is 1.46. The van der Waals surface area contributed by atoms with Crippen LogP contribution in [0.3, 0.4) is 0 Å². The Labute approximate surface area is 122 Å². The molecule has 2 amide bonds. The maximum atomic E-state index is 12.3. The third-order valence-corrected chi connectivity index (χ3v) is 3.48. The number of ether oxygens (including phenoxy) is 1. The smallest absolute Gasteiger partial charge is 0.239 e. The minimum atomic E-state index is -0.620. The Morgan fingerprint density at radius 2 is 2.35 bits per heavy atom. The Bertz CT molecular complexity index is 507. The van der Waals surface area contributed by atoms with Gasteiger partial charge in [0.15, 0.2) is 0 Å². The molecule has 0 aromatic heterocycles. The lowest BCUT2D eigenvalue weighted by Gasteiger charge is -2.17. The molecule has 1 aliphatic heterocycles. The van der Waals surface area contributed by atoms with Crippen LogP contribution in [0.15, 0.2) is 24.3 Å². The van der Waals surface area contributed by atoms with E-state index in [1.54, 1.807) is 30.2 Å². The summed E-state index contributed by atoms with van der Waals surface area (Å²) in [5.41, 5.74) is 0.731. The molecular weight excluding hydrogens is 280 g/mol. The van der Waals surface area contributed by atoms with Crippen LogP contribution in [0.5, 0.6) is 0 Å². The van der Waals surface area contributed by atoms with E-state index in [-0.39, 0.29) is 11.8 Å². The van der Waals surface area contributed by atoms with Gasteiger partial charge in [0.1, 0.15) is 5.92 Å². The summed E-state index contributed by atoms with van der Waals surface area (Å²) in [4.78, 5) is 25.8. The van der Waals surface area contributed by atoms with Crippen LogP contribution in [-0.4, -0.2) is 38.6 Å². The third-order valence-electron chi connectivity index (χ3n) is 3.25. The quantitative estimate of drug-likeness (QED) is 0.661. The number of halogens is 1. The first-order valence-electron chi connectivity index (χ1n) is 6.47. The molecule has 0 aliphatic carbocycles. The summed E-state index contributed by atoms with van der Waals surface area (Å²) < 4.78 is 4.86. The zero-order valence-electron chi connectivity index (χ0n) is 11.3. The molecule has 1 atom stereocenters. The first-order valence-corrected chi connectivity index (χ1v) is 6.85. The molecule has 1 N–H and O–H groups in total. The molecule has 1 fully saturated rings. The van der Waals surface area contributed by atoms with Gasteiger partial charge in [-0.15, -0.1) is 0 Å². The second-order valence-electron chi connectivity index (χ2n) is 4.59. The Morgan fingerprint density at radius 1 is 1.55 bits per heavy atom. The number of hydrogen-bond acceptors (Lipinski definition) is 3. The number of methoxy groups -OCH3 is 1. The molecule has 1 unspecified atom stereocenters. The van der Waals surface area contributed by atoms with Gasteiger partial charge in [0.05, 0.1) is 6.61 Å². The molecule has 1 aromatic rings. The number of hydrogen-bond donors (Lipinski definition) is 1. The first kappa shape index (κ1) is 14.8. The lowest BCUT2D eigenvalue weighted by Crippen LogP contribution is -2.38. The van der Waals surface area contributed by atoms with E-state index in [0.717, 1.165) is 5.69 Å². The zero-order valence-corrected chi connectivity index (χ0v) is 12.0. The normalized spacial score (nSPS) is 18.4.